The maximum absolute atomic E-state index is 12.0. The van der Waals surface area contributed by atoms with Gasteiger partial charge in [-0.1, -0.05) is 36.4 Å². The number of rotatable bonds is 2. The minimum absolute atomic E-state index is 0.217. The van der Waals surface area contributed by atoms with Crippen molar-refractivity contribution in [2.24, 2.45) is 0 Å². The van der Waals surface area contributed by atoms with Crippen LogP contribution >= 0.6 is 0 Å². The van der Waals surface area contributed by atoms with Crippen LogP contribution in [-0.4, -0.2) is 19.2 Å². The molecule has 21 heavy (non-hydrogen) atoms. The van der Waals surface area contributed by atoms with Crippen molar-refractivity contribution in [1.82, 2.24) is 5.32 Å². The van der Waals surface area contributed by atoms with E-state index < -0.39 is 0 Å². The predicted molar refractivity (Wildman–Crippen MR) is 84.2 cm³/mol. The number of hydrogen-bond acceptors (Lipinski definition) is 2. The van der Waals surface area contributed by atoms with Gasteiger partial charge in [0.25, 0.3) is 0 Å². The van der Waals surface area contributed by atoms with E-state index in [-0.39, 0.29) is 6.03 Å². The summed E-state index contributed by atoms with van der Waals surface area (Å²) >= 11 is 0. The third-order valence-electron chi connectivity index (χ3n) is 3.58. The molecule has 2 amide bonds. The molecule has 2 aromatic rings. The van der Waals surface area contributed by atoms with Crippen molar-refractivity contribution >= 4 is 22.5 Å². The maximum atomic E-state index is 12.0. The second kappa shape index (κ2) is 6.41. The number of carbonyl (C=O) groups excluding carboxylic acids is 1. The summed E-state index contributed by atoms with van der Waals surface area (Å²) in [6, 6.07) is 13.6. The van der Waals surface area contributed by atoms with Crippen molar-refractivity contribution in [2.75, 3.05) is 18.5 Å². The first kappa shape index (κ1) is 13.6. The van der Waals surface area contributed by atoms with Crippen LogP contribution in [0.4, 0.5) is 10.5 Å². The first-order valence-electron chi connectivity index (χ1n) is 7.14. The molecule has 4 nitrogen and oxygen atoms in total. The third-order valence-corrected chi connectivity index (χ3v) is 3.58. The fraction of sp³-hybridized carbons (Fsp3) is 0.235. The van der Waals surface area contributed by atoms with Crippen LogP contribution in [0.25, 0.3) is 10.8 Å². The monoisotopic (exact) mass is 282 g/mol. The number of hydrogen-bond donors (Lipinski definition) is 2. The van der Waals surface area contributed by atoms with E-state index in [1.54, 1.807) is 6.20 Å². The molecule has 108 valence electrons. The summed E-state index contributed by atoms with van der Waals surface area (Å²) in [6.07, 6.45) is 3.56. The Bertz CT molecular complexity index is 666. The van der Waals surface area contributed by atoms with Gasteiger partial charge < -0.3 is 15.4 Å². The Kier molecular flexibility index (Phi) is 4.17. The maximum Gasteiger partial charge on any atom is 0.323 e. The Labute approximate surface area is 123 Å². The third kappa shape index (κ3) is 3.41. The number of carbonyl (C=O) groups is 1. The summed E-state index contributed by atoms with van der Waals surface area (Å²) in [5.74, 6) is 0. The number of nitrogens with one attached hydrogen (secondary N) is 2. The highest BCUT2D eigenvalue weighted by molar-refractivity contribution is 6.01. The topological polar surface area (TPSA) is 50.4 Å². The van der Waals surface area contributed by atoms with Crippen molar-refractivity contribution in [1.29, 1.82) is 0 Å². The molecule has 2 N–H and O–H groups in total. The zero-order chi connectivity index (χ0) is 14.5. The number of ether oxygens (including phenoxy) is 1. The Morgan fingerprint density at radius 2 is 1.81 bits per heavy atom. The zero-order valence-corrected chi connectivity index (χ0v) is 11.8. The number of urea groups is 1. The molecule has 1 aliphatic heterocycles. The van der Waals surface area contributed by atoms with Gasteiger partial charge in [-0.3, -0.25) is 0 Å². The van der Waals surface area contributed by atoms with E-state index in [2.05, 4.69) is 10.6 Å². The molecule has 0 saturated carbocycles. The van der Waals surface area contributed by atoms with E-state index in [1.165, 1.54) is 5.57 Å². The van der Waals surface area contributed by atoms with Crippen molar-refractivity contribution in [3.63, 3.8) is 0 Å². The minimum Gasteiger partial charge on any atom is -0.381 e. The van der Waals surface area contributed by atoms with E-state index in [0.717, 1.165) is 42.5 Å². The molecule has 0 bridgehead atoms. The smallest absolute Gasteiger partial charge is 0.323 e. The highest BCUT2D eigenvalue weighted by atomic mass is 16.5. The van der Waals surface area contributed by atoms with Crippen LogP contribution in [0, 0.1) is 0 Å². The molecule has 0 radical (unpaired) electrons. The van der Waals surface area contributed by atoms with E-state index >= 15 is 0 Å². The number of fused-ring (bicyclic) bond motifs is 1. The average Bonchev–Trinajstić information content (AvgIpc) is 2.54. The molecule has 1 heterocycles. The fourth-order valence-electron chi connectivity index (χ4n) is 2.44. The van der Waals surface area contributed by atoms with Gasteiger partial charge in [-0.05, 0) is 29.9 Å². The summed E-state index contributed by atoms with van der Waals surface area (Å²) in [4.78, 5) is 12.0. The van der Waals surface area contributed by atoms with Gasteiger partial charge in [-0.15, -0.1) is 0 Å². The van der Waals surface area contributed by atoms with Gasteiger partial charge in [0, 0.05) is 11.6 Å². The normalized spacial score (nSPS) is 14.8. The minimum atomic E-state index is -0.217. The molecule has 4 heteroatoms. The van der Waals surface area contributed by atoms with Gasteiger partial charge in [0.1, 0.15) is 0 Å². The lowest BCUT2D eigenvalue weighted by Gasteiger charge is -2.15. The van der Waals surface area contributed by atoms with Crippen LogP contribution in [0.3, 0.4) is 0 Å². The number of anilines is 1. The number of amides is 2. The molecule has 1 aliphatic rings. The Balaban J connectivity index is 1.69. The van der Waals surface area contributed by atoms with Gasteiger partial charge in [0.15, 0.2) is 0 Å². The summed E-state index contributed by atoms with van der Waals surface area (Å²) in [5, 5.41) is 7.84. The van der Waals surface area contributed by atoms with Gasteiger partial charge >= 0.3 is 6.03 Å². The Morgan fingerprint density at radius 1 is 1.05 bits per heavy atom. The Morgan fingerprint density at radius 3 is 2.67 bits per heavy atom. The zero-order valence-electron chi connectivity index (χ0n) is 11.8. The van der Waals surface area contributed by atoms with E-state index in [0.29, 0.717) is 0 Å². The van der Waals surface area contributed by atoms with Crippen LogP contribution in [0.2, 0.25) is 0 Å². The van der Waals surface area contributed by atoms with Crippen molar-refractivity contribution in [3.05, 3.63) is 54.2 Å². The molecule has 3 rings (SSSR count). The van der Waals surface area contributed by atoms with Crippen LogP contribution in [0.15, 0.2) is 54.2 Å². The molecule has 0 atom stereocenters. The molecule has 1 fully saturated rings. The van der Waals surface area contributed by atoms with Crippen LogP contribution in [0.5, 0.6) is 0 Å². The van der Waals surface area contributed by atoms with Crippen LogP contribution in [0.1, 0.15) is 12.8 Å². The summed E-state index contributed by atoms with van der Waals surface area (Å²) in [7, 11) is 0. The molecule has 0 spiro atoms. The lowest BCUT2D eigenvalue weighted by atomic mass is 10.1. The van der Waals surface area contributed by atoms with Gasteiger partial charge in [-0.25, -0.2) is 4.79 Å². The Hall–Kier alpha value is -2.33. The highest BCUT2D eigenvalue weighted by Gasteiger charge is 2.07. The van der Waals surface area contributed by atoms with E-state index in [9.17, 15) is 4.79 Å². The fourth-order valence-corrected chi connectivity index (χ4v) is 2.44. The quantitative estimate of drug-likeness (QED) is 0.883. The van der Waals surface area contributed by atoms with E-state index in [1.807, 2.05) is 42.5 Å². The SMILES string of the molecule is O=C(NC=C1CCOCC1)Nc1cccc2ccccc12. The molecular weight excluding hydrogens is 264 g/mol. The van der Waals surface area contributed by atoms with Crippen LogP contribution < -0.4 is 10.6 Å². The van der Waals surface area contributed by atoms with Gasteiger partial charge in [-0.2, -0.15) is 0 Å². The van der Waals surface area contributed by atoms with E-state index in [4.69, 9.17) is 4.74 Å². The molecule has 1 saturated heterocycles. The molecule has 0 aliphatic carbocycles. The second-order valence-corrected chi connectivity index (χ2v) is 5.04. The first-order chi connectivity index (χ1) is 10.3. The molecule has 0 unspecified atom stereocenters. The standard InChI is InChI=1S/C17H18N2O2/c20-17(18-12-13-8-10-21-11-9-13)19-16-7-3-5-14-4-1-2-6-15(14)16/h1-7,12H,8-11H2,(H2,18,19,20). The highest BCUT2D eigenvalue weighted by Crippen LogP contribution is 2.22. The molecule has 2 aromatic carbocycles. The van der Waals surface area contributed by atoms with Crippen molar-refractivity contribution in [2.45, 2.75) is 12.8 Å². The molecular formula is C17H18N2O2. The molecule has 0 aromatic heterocycles. The lowest BCUT2D eigenvalue weighted by molar-refractivity contribution is 0.119. The summed E-state index contributed by atoms with van der Waals surface area (Å²) in [6.45, 7) is 1.47. The average molecular weight is 282 g/mol. The largest absolute Gasteiger partial charge is 0.381 e. The van der Waals surface area contributed by atoms with Gasteiger partial charge in [0.05, 0.1) is 18.9 Å². The first-order valence-corrected chi connectivity index (χ1v) is 7.14. The lowest BCUT2D eigenvalue weighted by Crippen LogP contribution is -2.25. The van der Waals surface area contributed by atoms with Crippen LogP contribution in [-0.2, 0) is 4.74 Å². The summed E-state index contributed by atoms with van der Waals surface area (Å²) in [5.41, 5.74) is 2.03. The predicted octanol–water partition coefficient (Wildman–Crippen LogP) is 3.66. The van der Waals surface area contributed by atoms with Crippen molar-refractivity contribution in [3.8, 4) is 0 Å². The van der Waals surface area contributed by atoms with Gasteiger partial charge in [0.2, 0.25) is 0 Å². The van der Waals surface area contributed by atoms with Crippen molar-refractivity contribution < 1.29 is 9.53 Å². The number of benzene rings is 2. The summed E-state index contributed by atoms with van der Waals surface area (Å²) < 4.78 is 5.28. The second-order valence-electron chi connectivity index (χ2n) is 5.04.